The predicted molar refractivity (Wildman–Crippen MR) is 98.9 cm³/mol. The standard InChI is InChI=1S/C20H21N3O4/c1-13-18(7-8-19(24)25)14(2)23(22-13)17-5-3-16(4-6-17)20(26)21-11-15-9-10-27-12-15/h3-6,9-10,12H,7-8,11H2,1-2H3,(H,21,26)(H,24,25). The van der Waals surface area contributed by atoms with Crippen molar-refractivity contribution in [1.82, 2.24) is 15.1 Å². The van der Waals surface area contributed by atoms with Gasteiger partial charge in [-0.1, -0.05) is 0 Å². The van der Waals surface area contributed by atoms with Crippen LogP contribution in [0.5, 0.6) is 0 Å². The van der Waals surface area contributed by atoms with E-state index in [1.807, 2.05) is 26.0 Å². The summed E-state index contributed by atoms with van der Waals surface area (Å²) in [5.41, 5.74) is 4.94. The minimum atomic E-state index is -0.827. The zero-order valence-electron chi connectivity index (χ0n) is 15.2. The first-order valence-corrected chi connectivity index (χ1v) is 8.62. The van der Waals surface area contributed by atoms with E-state index in [0.29, 0.717) is 18.5 Å². The molecule has 0 bridgehead atoms. The maximum atomic E-state index is 12.2. The van der Waals surface area contributed by atoms with Crippen LogP contribution >= 0.6 is 0 Å². The summed E-state index contributed by atoms with van der Waals surface area (Å²) < 4.78 is 6.75. The normalized spacial score (nSPS) is 10.7. The van der Waals surface area contributed by atoms with Crippen molar-refractivity contribution in [3.63, 3.8) is 0 Å². The minimum absolute atomic E-state index is 0.0726. The van der Waals surface area contributed by atoms with Crippen molar-refractivity contribution in [3.05, 3.63) is 70.9 Å². The van der Waals surface area contributed by atoms with Gasteiger partial charge in [0, 0.05) is 29.8 Å². The number of hydrogen-bond donors (Lipinski definition) is 2. The number of carboxylic acids is 1. The molecule has 2 aromatic heterocycles. The quantitative estimate of drug-likeness (QED) is 0.669. The first-order valence-electron chi connectivity index (χ1n) is 8.62. The topological polar surface area (TPSA) is 97.4 Å². The summed E-state index contributed by atoms with van der Waals surface area (Å²) in [6.45, 7) is 4.20. The summed E-state index contributed by atoms with van der Waals surface area (Å²) in [5.74, 6) is -0.995. The van der Waals surface area contributed by atoms with Crippen LogP contribution in [0, 0.1) is 13.8 Å². The Labute approximate surface area is 156 Å². The maximum absolute atomic E-state index is 12.2. The average Bonchev–Trinajstić information content (AvgIpc) is 3.26. The molecule has 0 radical (unpaired) electrons. The third-order valence-corrected chi connectivity index (χ3v) is 4.44. The van der Waals surface area contributed by atoms with E-state index in [-0.39, 0.29) is 12.3 Å². The fourth-order valence-corrected chi connectivity index (χ4v) is 2.95. The van der Waals surface area contributed by atoms with Gasteiger partial charge in [0.15, 0.2) is 0 Å². The number of furan rings is 1. The van der Waals surface area contributed by atoms with Gasteiger partial charge in [0.2, 0.25) is 0 Å². The van der Waals surface area contributed by atoms with Crippen molar-refractivity contribution in [1.29, 1.82) is 0 Å². The Kier molecular flexibility index (Phi) is 5.40. The predicted octanol–water partition coefficient (Wildman–Crippen LogP) is 3.03. The van der Waals surface area contributed by atoms with Crippen molar-refractivity contribution in [2.75, 3.05) is 0 Å². The Morgan fingerprint density at radius 2 is 1.93 bits per heavy atom. The van der Waals surface area contributed by atoms with Crippen LogP contribution in [-0.2, 0) is 17.8 Å². The molecule has 2 heterocycles. The Morgan fingerprint density at radius 3 is 2.56 bits per heavy atom. The van der Waals surface area contributed by atoms with Crippen molar-refractivity contribution in [3.8, 4) is 5.69 Å². The van der Waals surface area contributed by atoms with Crippen LogP contribution in [0.25, 0.3) is 5.69 Å². The van der Waals surface area contributed by atoms with Crippen LogP contribution in [0.15, 0.2) is 47.3 Å². The highest BCUT2D eigenvalue weighted by Gasteiger charge is 2.14. The third-order valence-electron chi connectivity index (χ3n) is 4.44. The van der Waals surface area contributed by atoms with Gasteiger partial charge >= 0.3 is 5.97 Å². The second-order valence-electron chi connectivity index (χ2n) is 6.32. The van der Waals surface area contributed by atoms with E-state index < -0.39 is 5.97 Å². The molecule has 0 spiro atoms. The van der Waals surface area contributed by atoms with Gasteiger partial charge in [0.1, 0.15) is 0 Å². The first kappa shape index (κ1) is 18.4. The van der Waals surface area contributed by atoms with Crippen LogP contribution in [0.3, 0.4) is 0 Å². The van der Waals surface area contributed by atoms with Gasteiger partial charge in [-0.15, -0.1) is 0 Å². The number of nitrogens with one attached hydrogen (secondary N) is 1. The monoisotopic (exact) mass is 367 g/mol. The van der Waals surface area contributed by atoms with Crippen LogP contribution < -0.4 is 5.32 Å². The average molecular weight is 367 g/mol. The Bertz CT molecular complexity index is 941. The molecule has 0 aliphatic heterocycles. The number of aliphatic carboxylic acids is 1. The lowest BCUT2D eigenvalue weighted by Crippen LogP contribution is -2.22. The number of carboxylic acid groups (broad SMARTS) is 1. The molecule has 2 N–H and O–H groups in total. The van der Waals surface area contributed by atoms with Crippen molar-refractivity contribution >= 4 is 11.9 Å². The number of amides is 1. The second kappa shape index (κ2) is 7.90. The summed E-state index contributed by atoms with van der Waals surface area (Å²) in [6, 6.07) is 8.94. The lowest BCUT2D eigenvalue weighted by molar-refractivity contribution is -0.136. The summed E-state index contributed by atoms with van der Waals surface area (Å²) in [5, 5.41) is 16.2. The first-order chi connectivity index (χ1) is 13.0. The molecule has 7 nitrogen and oxygen atoms in total. The minimum Gasteiger partial charge on any atom is -0.481 e. The number of aromatic nitrogens is 2. The molecule has 140 valence electrons. The highest BCUT2D eigenvalue weighted by Crippen LogP contribution is 2.20. The Balaban J connectivity index is 1.72. The molecule has 1 aromatic carbocycles. The van der Waals surface area contributed by atoms with Crippen LogP contribution in [-0.4, -0.2) is 26.8 Å². The summed E-state index contributed by atoms with van der Waals surface area (Å²) in [7, 11) is 0. The number of hydrogen-bond acceptors (Lipinski definition) is 4. The number of carbonyl (C=O) groups is 2. The molecule has 1 amide bonds. The van der Waals surface area contributed by atoms with E-state index >= 15 is 0 Å². The molecule has 0 atom stereocenters. The van der Waals surface area contributed by atoms with Crippen molar-refractivity contribution in [2.24, 2.45) is 0 Å². The molecule has 0 aliphatic carbocycles. The van der Waals surface area contributed by atoms with Gasteiger partial charge in [0.05, 0.1) is 23.9 Å². The fourth-order valence-electron chi connectivity index (χ4n) is 2.95. The van der Waals surface area contributed by atoms with E-state index in [4.69, 9.17) is 9.52 Å². The van der Waals surface area contributed by atoms with Gasteiger partial charge < -0.3 is 14.8 Å². The van der Waals surface area contributed by atoms with E-state index in [2.05, 4.69) is 10.4 Å². The van der Waals surface area contributed by atoms with E-state index in [1.165, 1.54) is 0 Å². The largest absolute Gasteiger partial charge is 0.481 e. The lowest BCUT2D eigenvalue weighted by Gasteiger charge is -2.07. The summed E-state index contributed by atoms with van der Waals surface area (Å²) >= 11 is 0. The molecule has 7 heteroatoms. The molecular weight excluding hydrogens is 346 g/mol. The van der Waals surface area contributed by atoms with Gasteiger partial charge in [-0.2, -0.15) is 5.10 Å². The van der Waals surface area contributed by atoms with E-state index in [0.717, 1.165) is 28.2 Å². The Morgan fingerprint density at radius 1 is 1.19 bits per heavy atom. The molecule has 0 saturated carbocycles. The van der Waals surface area contributed by atoms with Crippen LogP contribution in [0.2, 0.25) is 0 Å². The smallest absolute Gasteiger partial charge is 0.303 e. The second-order valence-corrected chi connectivity index (χ2v) is 6.32. The molecule has 27 heavy (non-hydrogen) atoms. The van der Waals surface area contributed by atoms with E-state index in [1.54, 1.807) is 35.4 Å². The fraction of sp³-hybridized carbons (Fsp3) is 0.250. The molecule has 3 rings (SSSR count). The van der Waals surface area contributed by atoms with Crippen LogP contribution in [0.4, 0.5) is 0 Å². The maximum Gasteiger partial charge on any atom is 0.303 e. The van der Waals surface area contributed by atoms with Gasteiger partial charge in [0.25, 0.3) is 5.91 Å². The highest BCUT2D eigenvalue weighted by atomic mass is 16.4. The lowest BCUT2D eigenvalue weighted by atomic mass is 10.1. The third kappa shape index (κ3) is 4.25. The number of nitrogens with zero attached hydrogens (tertiary/aromatic N) is 2. The molecular formula is C20H21N3O4. The molecule has 0 fully saturated rings. The highest BCUT2D eigenvalue weighted by molar-refractivity contribution is 5.94. The number of rotatable bonds is 7. The van der Waals surface area contributed by atoms with Gasteiger partial charge in [-0.05, 0) is 56.2 Å². The number of benzene rings is 1. The zero-order chi connectivity index (χ0) is 19.4. The zero-order valence-corrected chi connectivity index (χ0v) is 15.2. The van der Waals surface area contributed by atoms with Gasteiger partial charge in [-0.25, -0.2) is 4.68 Å². The molecule has 0 saturated heterocycles. The SMILES string of the molecule is Cc1nn(-c2ccc(C(=O)NCc3ccoc3)cc2)c(C)c1CCC(=O)O. The molecule has 0 unspecified atom stereocenters. The molecule has 0 aliphatic rings. The summed E-state index contributed by atoms with van der Waals surface area (Å²) in [4.78, 5) is 23.1. The van der Waals surface area contributed by atoms with Gasteiger partial charge in [-0.3, -0.25) is 9.59 Å². The van der Waals surface area contributed by atoms with Crippen LogP contribution in [0.1, 0.15) is 39.3 Å². The number of aryl methyl sites for hydroxylation is 1. The van der Waals surface area contributed by atoms with Crippen molar-refractivity contribution in [2.45, 2.75) is 33.2 Å². The summed E-state index contributed by atoms with van der Waals surface area (Å²) in [6.07, 6.45) is 3.67. The van der Waals surface area contributed by atoms with E-state index in [9.17, 15) is 9.59 Å². The number of carbonyl (C=O) groups excluding carboxylic acids is 1. The molecule has 3 aromatic rings. The Hall–Kier alpha value is -3.35. The van der Waals surface area contributed by atoms with Crippen molar-refractivity contribution < 1.29 is 19.1 Å².